The number of benzene rings is 1. The molecule has 2 rings (SSSR count). The second kappa shape index (κ2) is 9.07. The highest BCUT2D eigenvalue weighted by Crippen LogP contribution is 2.22. The van der Waals surface area contributed by atoms with E-state index in [1.165, 1.54) is 18.3 Å². The molecular formula is C16H15ClN4O4S. The van der Waals surface area contributed by atoms with E-state index in [0.29, 0.717) is 15.6 Å². The van der Waals surface area contributed by atoms with E-state index in [4.69, 9.17) is 11.6 Å². The topological polar surface area (TPSA) is 114 Å². The zero-order valence-electron chi connectivity index (χ0n) is 13.7. The monoisotopic (exact) mass is 394 g/mol. The first kappa shape index (κ1) is 19.5. The number of nitro groups is 1. The second-order valence-corrected chi connectivity index (χ2v) is 6.76. The molecule has 0 bridgehead atoms. The van der Waals surface area contributed by atoms with Crippen LogP contribution in [0.2, 0.25) is 5.02 Å². The van der Waals surface area contributed by atoms with Gasteiger partial charge in [0.2, 0.25) is 11.8 Å². The van der Waals surface area contributed by atoms with Crippen LogP contribution in [0.25, 0.3) is 0 Å². The van der Waals surface area contributed by atoms with Gasteiger partial charge in [0.25, 0.3) is 0 Å². The highest BCUT2D eigenvalue weighted by molar-refractivity contribution is 7.16. The Kier molecular flexibility index (Phi) is 6.81. The first-order valence-corrected chi connectivity index (χ1v) is 8.67. The molecule has 1 aromatic heterocycles. The van der Waals surface area contributed by atoms with Gasteiger partial charge in [-0.3, -0.25) is 19.7 Å². The third kappa shape index (κ3) is 5.94. The number of carbonyl (C=O) groups excluding carboxylic acids is 2. The van der Waals surface area contributed by atoms with Crippen molar-refractivity contribution in [2.75, 3.05) is 5.32 Å². The molecule has 0 saturated heterocycles. The van der Waals surface area contributed by atoms with E-state index in [0.717, 1.165) is 16.9 Å². The molecule has 0 saturated carbocycles. The maximum Gasteiger partial charge on any atom is 0.324 e. The van der Waals surface area contributed by atoms with E-state index >= 15 is 0 Å². The van der Waals surface area contributed by atoms with Gasteiger partial charge in [0.1, 0.15) is 0 Å². The number of amides is 2. The number of rotatable bonds is 7. The van der Waals surface area contributed by atoms with Crippen LogP contribution in [0.5, 0.6) is 0 Å². The van der Waals surface area contributed by atoms with Gasteiger partial charge in [0.05, 0.1) is 16.0 Å². The summed E-state index contributed by atoms with van der Waals surface area (Å²) in [6, 6.07) is 7.98. The van der Waals surface area contributed by atoms with Gasteiger partial charge in [-0.05, 0) is 36.8 Å². The molecule has 0 atom stereocenters. The van der Waals surface area contributed by atoms with Crippen LogP contribution >= 0.6 is 22.9 Å². The largest absolute Gasteiger partial charge is 0.326 e. The summed E-state index contributed by atoms with van der Waals surface area (Å²) in [5.74, 6) is -0.737. The summed E-state index contributed by atoms with van der Waals surface area (Å²) in [7, 11) is 0. The zero-order valence-corrected chi connectivity index (χ0v) is 15.3. The lowest BCUT2D eigenvalue weighted by molar-refractivity contribution is -0.380. The lowest BCUT2D eigenvalue weighted by Gasteiger charge is -2.08. The number of halogens is 1. The molecule has 1 aromatic carbocycles. The lowest BCUT2D eigenvalue weighted by Crippen LogP contribution is -2.20. The van der Waals surface area contributed by atoms with Crippen molar-refractivity contribution in [2.45, 2.75) is 19.8 Å². The van der Waals surface area contributed by atoms with Gasteiger partial charge in [-0.2, -0.15) is 5.10 Å². The van der Waals surface area contributed by atoms with E-state index < -0.39 is 10.8 Å². The molecule has 0 radical (unpaired) electrons. The molecular weight excluding hydrogens is 380 g/mol. The molecule has 26 heavy (non-hydrogen) atoms. The summed E-state index contributed by atoms with van der Waals surface area (Å²) in [6.45, 7) is 1.82. The van der Waals surface area contributed by atoms with Crippen LogP contribution < -0.4 is 10.7 Å². The Morgan fingerprint density at radius 3 is 2.65 bits per heavy atom. The summed E-state index contributed by atoms with van der Waals surface area (Å²) in [6.07, 6.45) is 1.26. The fourth-order valence-electron chi connectivity index (χ4n) is 1.94. The van der Waals surface area contributed by atoms with Gasteiger partial charge >= 0.3 is 5.00 Å². The summed E-state index contributed by atoms with van der Waals surface area (Å²) in [5, 5.41) is 17.6. The smallest absolute Gasteiger partial charge is 0.324 e. The van der Waals surface area contributed by atoms with Gasteiger partial charge in [-0.25, -0.2) is 5.43 Å². The normalized spacial score (nSPS) is 10.7. The fourth-order valence-corrected chi connectivity index (χ4v) is 2.86. The van der Waals surface area contributed by atoms with Gasteiger partial charge in [0, 0.05) is 29.6 Å². The Balaban J connectivity index is 1.76. The molecule has 2 aromatic rings. The molecule has 0 unspecified atom stereocenters. The van der Waals surface area contributed by atoms with Crippen molar-refractivity contribution >= 4 is 51.7 Å². The Labute approximate surface area is 158 Å². The average Bonchev–Trinajstić information content (AvgIpc) is 3.05. The minimum Gasteiger partial charge on any atom is -0.326 e. The lowest BCUT2D eigenvalue weighted by atomic mass is 10.2. The van der Waals surface area contributed by atoms with Gasteiger partial charge in [0.15, 0.2) is 0 Å². The van der Waals surface area contributed by atoms with E-state index in [2.05, 4.69) is 15.8 Å². The number of thiophene rings is 1. The molecule has 0 aliphatic heterocycles. The second-order valence-electron chi connectivity index (χ2n) is 5.23. The molecule has 8 nitrogen and oxygen atoms in total. The number of hydrogen-bond acceptors (Lipinski definition) is 6. The highest BCUT2D eigenvalue weighted by atomic mass is 35.5. The first-order valence-electron chi connectivity index (χ1n) is 7.47. The number of hydrazone groups is 1. The Morgan fingerprint density at radius 2 is 2.00 bits per heavy atom. The maximum absolute atomic E-state index is 11.9. The van der Waals surface area contributed by atoms with Crippen molar-refractivity contribution < 1.29 is 14.5 Å². The molecule has 2 N–H and O–H groups in total. The molecule has 0 fully saturated rings. The molecule has 0 spiro atoms. The summed E-state index contributed by atoms with van der Waals surface area (Å²) >= 11 is 6.80. The van der Waals surface area contributed by atoms with Gasteiger partial charge in [-0.15, -0.1) is 0 Å². The summed E-state index contributed by atoms with van der Waals surface area (Å²) in [4.78, 5) is 34.2. The maximum atomic E-state index is 11.9. The van der Waals surface area contributed by atoms with Crippen molar-refractivity contribution in [3.8, 4) is 0 Å². The molecule has 136 valence electrons. The molecule has 0 aliphatic carbocycles. The van der Waals surface area contributed by atoms with Crippen LogP contribution in [0.15, 0.2) is 35.4 Å². The van der Waals surface area contributed by atoms with Crippen molar-refractivity contribution in [2.24, 2.45) is 5.10 Å². The van der Waals surface area contributed by atoms with Crippen LogP contribution in [0.4, 0.5) is 10.7 Å². The minimum atomic E-state index is -0.498. The standard InChI is InChI=1S/C16H15ClN4O4S/c1-10-8-11(17)2-4-13(10)19-14(22)5-6-15(23)20-18-9-12-3-7-16(26-12)21(24)25/h2-4,7-9H,5-6H2,1H3,(H,19,22)(H,20,23)/b18-9+. The van der Waals surface area contributed by atoms with Crippen LogP contribution in [0, 0.1) is 17.0 Å². The van der Waals surface area contributed by atoms with Crippen LogP contribution in [-0.4, -0.2) is 23.0 Å². The molecule has 1 heterocycles. The first-order chi connectivity index (χ1) is 12.3. The number of carbonyl (C=O) groups is 2. The summed E-state index contributed by atoms with van der Waals surface area (Å²) < 4.78 is 0. The van der Waals surface area contributed by atoms with E-state index in [-0.39, 0.29) is 23.7 Å². The Bertz CT molecular complexity index is 866. The fraction of sp³-hybridized carbons (Fsp3) is 0.188. The molecule has 2 amide bonds. The SMILES string of the molecule is Cc1cc(Cl)ccc1NC(=O)CCC(=O)N/N=C/c1ccc([N+](=O)[O-])s1. The van der Waals surface area contributed by atoms with E-state index in [1.807, 2.05) is 6.92 Å². The van der Waals surface area contributed by atoms with Crippen molar-refractivity contribution in [3.63, 3.8) is 0 Å². The highest BCUT2D eigenvalue weighted by Gasteiger charge is 2.10. The Morgan fingerprint density at radius 1 is 1.27 bits per heavy atom. The van der Waals surface area contributed by atoms with Gasteiger partial charge < -0.3 is 5.32 Å². The minimum absolute atomic E-state index is 0.00606. The van der Waals surface area contributed by atoms with Crippen molar-refractivity contribution in [3.05, 3.63) is 55.9 Å². The number of anilines is 1. The van der Waals surface area contributed by atoms with Crippen molar-refractivity contribution in [1.82, 2.24) is 5.43 Å². The van der Waals surface area contributed by atoms with Crippen LogP contribution in [-0.2, 0) is 9.59 Å². The number of aryl methyl sites for hydroxylation is 1. The number of hydrogen-bond donors (Lipinski definition) is 2. The Hall–Kier alpha value is -2.78. The number of nitrogens with zero attached hydrogens (tertiary/aromatic N) is 2. The molecule has 0 aliphatic rings. The van der Waals surface area contributed by atoms with Crippen molar-refractivity contribution in [1.29, 1.82) is 0 Å². The zero-order chi connectivity index (χ0) is 19.1. The number of nitrogens with one attached hydrogen (secondary N) is 2. The summed E-state index contributed by atoms with van der Waals surface area (Å²) in [5.41, 5.74) is 3.74. The predicted molar refractivity (Wildman–Crippen MR) is 101 cm³/mol. The average molecular weight is 395 g/mol. The third-order valence-corrected chi connectivity index (χ3v) is 4.42. The predicted octanol–water partition coefficient (Wildman–Crippen LogP) is 3.49. The third-order valence-electron chi connectivity index (χ3n) is 3.22. The quantitative estimate of drug-likeness (QED) is 0.425. The molecule has 10 heteroatoms. The van der Waals surface area contributed by atoms with E-state index in [9.17, 15) is 19.7 Å². The van der Waals surface area contributed by atoms with Crippen LogP contribution in [0.1, 0.15) is 23.3 Å². The van der Waals surface area contributed by atoms with Gasteiger partial charge in [-0.1, -0.05) is 22.9 Å². The van der Waals surface area contributed by atoms with Crippen LogP contribution in [0.3, 0.4) is 0 Å². The van der Waals surface area contributed by atoms with E-state index in [1.54, 1.807) is 18.2 Å².